The Balaban J connectivity index is 1.75. The largest absolute Gasteiger partial charge is 0.486 e. The molecule has 0 radical (unpaired) electrons. The predicted octanol–water partition coefficient (Wildman–Crippen LogP) is 3.15. The van der Waals surface area contributed by atoms with Gasteiger partial charge in [0.15, 0.2) is 0 Å². The van der Waals surface area contributed by atoms with Crippen LogP contribution in [0.4, 0.5) is 5.69 Å². The standard InChI is InChI=1S/C25H33N5O4S/c1-3-4-16-34-24(25(31)28-22-7-5-6-20(2)17-22)23(18-26)29-12-14-30(15-13-29)35(32,33)19-21-8-10-27-11-9-21/h5-11,17-18,26H,3-4,12-16,19H2,1-2H3,(H,28,31)/b24-23-,26-18?. The van der Waals surface area contributed by atoms with Gasteiger partial charge < -0.3 is 20.4 Å². The molecule has 9 nitrogen and oxygen atoms in total. The van der Waals surface area contributed by atoms with E-state index in [1.807, 2.05) is 36.9 Å². The van der Waals surface area contributed by atoms with Crippen LogP contribution in [0.2, 0.25) is 0 Å². The molecule has 0 atom stereocenters. The number of hydrogen-bond acceptors (Lipinski definition) is 7. The maximum absolute atomic E-state index is 13.2. The first-order valence-corrected chi connectivity index (χ1v) is 13.3. The number of amides is 1. The van der Waals surface area contributed by atoms with Gasteiger partial charge in [-0.25, -0.2) is 8.42 Å². The number of carbonyl (C=O) groups excluding carboxylic acids is 1. The second-order valence-electron chi connectivity index (χ2n) is 8.38. The summed E-state index contributed by atoms with van der Waals surface area (Å²) in [6.45, 7) is 5.53. The summed E-state index contributed by atoms with van der Waals surface area (Å²) in [7, 11) is -3.50. The molecule has 1 aromatic heterocycles. The van der Waals surface area contributed by atoms with Crippen LogP contribution >= 0.6 is 0 Å². The maximum atomic E-state index is 13.2. The minimum Gasteiger partial charge on any atom is -0.486 e. The average Bonchev–Trinajstić information content (AvgIpc) is 2.84. The molecule has 0 aliphatic carbocycles. The molecule has 1 aromatic carbocycles. The monoisotopic (exact) mass is 499 g/mol. The summed E-state index contributed by atoms with van der Waals surface area (Å²) in [6.07, 6.45) is 5.93. The summed E-state index contributed by atoms with van der Waals surface area (Å²) in [5, 5.41) is 10.9. The number of piperazine rings is 1. The van der Waals surface area contributed by atoms with Crippen molar-refractivity contribution in [3.8, 4) is 0 Å². The van der Waals surface area contributed by atoms with Crippen molar-refractivity contribution in [2.75, 3.05) is 38.1 Å². The van der Waals surface area contributed by atoms with Crippen molar-refractivity contribution in [3.63, 3.8) is 0 Å². The van der Waals surface area contributed by atoms with Crippen molar-refractivity contribution >= 4 is 27.8 Å². The van der Waals surface area contributed by atoms with Crippen molar-refractivity contribution < 1.29 is 17.9 Å². The van der Waals surface area contributed by atoms with Crippen LogP contribution < -0.4 is 5.32 Å². The fraction of sp³-hybridized carbons (Fsp3) is 0.400. The number of aryl methyl sites for hydroxylation is 1. The van der Waals surface area contributed by atoms with E-state index >= 15 is 0 Å². The van der Waals surface area contributed by atoms with Gasteiger partial charge in [-0.15, -0.1) is 0 Å². The fourth-order valence-corrected chi connectivity index (χ4v) is 5.29. The van der Waals surface area contributed by atoms with E-state index in [9.17, 15) is 13.2 Å². The van der Waals surface area contributed by atoms with Crippen molar-refractivity contribution in [2.45, 2.75) is 32.4 Å². The first-order valence-electron chi connectivity index (χ1n) is 11.7. The highest BCUT2D eigenvalue weighted by Crippen LogP contribution is 2.20. The molecule has 2 N–H and O–H groups in total. The molecule has 35 heavy (non-hydrogen) atoms. The van der Waals surface area contributed by atoms with Gasteiger partial charge in [-0.1, -0.05) is 25.5 Å². The van der Waals surface area contributed by atoms with Crippen LogP contribution in [0.15, 0.2) is 60.2 Å². The number of carbonyl (C=O) groups is 1. The number of nitrogens with zero attached hydrogens (tertiary/aromatic N) is 3. The minimum atomic E-state index is -3.50. The maximum Gasteiger partial charge on any atom is 0.293 e. The number of ether oxygens (including phenoxy) is 1. The number of pyridine rings is 1. The summed E-state index contributed by atoms with van der Waals surface area (Å²) in [6, 6.07) is 10.8. The van der Waals surface area contributed by atoms with E-state index in [0.29, 0.717) is 36.6 Å². The van der Waals surface area contributed by atoms with Crippen molar-refractivity contribution in [2.24, 2.45) is 0 Å². The number of sulfonamides is 1. The van der Waals surface area contributed by atoms with Crippen LogP contribution in [0, 0.1) is 12.3 Å². The van der Waals surface area contributed by atoms with Gasteiger partial charge in [-0.2, -0.15) is 4.31 Å². The molecule has 0 unspecified atom stereocenters. The van der Waals surface area contributed by atoms with Gasteiger partial charge in [0, 0.05) is 50.5 Å². The van der Waals surface area contributed by atoms with E-state index in [4.69, 9.17) is 10.1 Å². The van der Waals surface area contributed by atoms with E-state index in [1.165, 1.54) is 4.31 Å². The number of nitrogens with one attached hydrogen (secondary N) is 2. The first kappa shape index (κ1) is 26.4. The highest BCUT2D eigenvalue weighted by atomic mass is 32.2. The average molecular weight is 500 g/mol. The Kier molecular flexibility index (Phi) is 9.39. The Morgan fingerprint density at radius 2 is 1.89 bits per heavy atom. The molecular weight excluding hydrogens is 466 g/mol. The number of hydrogen-bond donors (Lipinski definition) is 2. The Hall–Kier alpha value is -3.24. The van der Waals surface area contributed by atoms with Gasteiger partial charge in [0.25, 0.3) is 5.91 Å². The zero-order valence-electron chi connectivity index (χ0n) is 20.2. The van der Waals surface area contributed by atoms with Crippen LogP contribution in [0.25, 0.3) is 0 Å². The predicted molar refractivity (Wildman–Crippen MR) is 136 cm³/mol. The molecule has 2 heterocycles. The first-order chi connectivity index (χ1) is 16.8. The number of benzene rings is 1. The zero-order chi connectivity index (χ0) is 25.3. The number of allylic oxidation sites excluding steroid dienone is 1. The van der Waals surface area contributed by atoms with Crippen molar-refractivity contribution in [3.05, 3.63) is 71.4 Å². The molecule has 1 fully saturated rings. The third-order valence-corrected chi connectivity index (χ3v) is 7.52. The molecule has 1 amide bonds. The fourth-order valence-electron chi connectivity index (χ4n) is 3.77. The summed E-state index contributed by atoms with van der Waals surface area (Å²) >= 11 is 0. The van der Waals surface area contributed by atoms with Gasteiger partial charge in [0.05, 0.1) is 12.4 Å². The lowest BCUT2D eigenvalue weighted by Gasteiger charge is -2.36. The number of aromatic nitrogens is 1. The summed E-state index contributed by atoms with van der Waals surface area (Å²) in [5.41, 5.74) is 2.68. The van der Waals surface area contributed by atoms with Crippen LogP contribution in [0.3, 0.4) is 0 Å². The molecule has 3 rings (SSSR count). The SMILES string of the molecule is CCCCO/C(C(=O)Nc1cccc(C)c1)=C(/C=N)N1CCN(S(=O)(=O)Cc2ccncc2)CC1. The molecule has 10 heteroatoms. The van der Waals surface area contributed by atoms with E-state index in [-0.39, 0.29) is 24.6 Å². The molecule has 0 spiro atoms. The van der Waals surface area contributed by atoms with E-state index in [1.54, 1.807) is 30.6 Å². The van der Waals surface area contributed by atoms with Gasteiger partial charge in [0.2, 0.25) is 15.8 Å². The molecule has 1 aliphatic rings. The van der Waals surface area contributed by atoms with Crippen molar-refractivity contribution in [1.29, 1.82) is 5.41 Å². The second kappa shape index (κ2) is 12.5. The van der Waals surface area contributed by atoms with E-state index < -0.39 is 15.9 Å². The van der Waals surface area contributed by atoms with Crippen LogP contribution in [-0.2, 0) is 25.3 Å². The van der Waals surface area contributed by atoms with Gasteiger partial charge in [-0.05, 0) is 48.7 Å². The Labute approximate surface area is 207 Å². The van der Waals surface area contributed by atoms with Gasteiger partial charge in [0.1, 0.15) is 5.70 Å². The highest BCUT2D eigenvalue weighted by molar-refractivity contribution is 7.88. The zero-order valence-corrected chi connectivity index (χ0v) is 21.1. The lowest BCUT2D eigenvalue weighted by Crippen LogP contribution is -2.49. The molecule has 1 saturated heterocycles. The van der Waals surface area contributed by atoms with E-state index in [0.717, 1.165) is 24.6 Å². The second-order valence-corrected chi connectivity index (χ2v) is 10.4. The number of anilines is 1. The van der Waals surface area contributed by atoms with E-state index in [2.05, 4.69) is 10.3 Å². The Morgan fingerprint density at radius 1 is 1.17 bits per heavy atom. The Bertz CT molecular complexity index is 1140. The molecule has 1 aliphatic heterocycles. The van der Waals surface area contributed by atoms with Gasteiger partial charge in [-0.3, -0.25) is 9.78 Å². The lowest BCUT2D eigenvalue weighted by atomic mass is 10.2. The summed E-state index contributed by atoms with van der Waals surface area (Å²) in [5.74, 6) is -0.450. The smallest absolute Gasteiger partial charge is 0.293 e. The van der Waals surface area contributed by atoms with Crippen LogP contribution in [0.5, 0.6) is 0 Å². The van der Waals surface area contributed by atoms with Crippen LogP contribution in [0.1, 0.15) is 30.9 Å². The van der Waals surface area contributed by atoms with Crippen LogP contribution in [-0.4, -0.2) is 67.5 Å². The molecule has 2 aromatic rings. The molecule has 0 bridgehead atoms. The third-order valence-electron chi connectivity index (χ3n) is 5.67. The quantitative estimate of drug-likeness (QED) is 0.212. The summed E-state index contributed by atoms with van der Waals surface area (Å²) < 4.78 is 33.1. The van der Waals surface area contributed by atoms with Crippen molar-refractivity contribution in [1.82, 2.24) is 14.2 Å². The topological polar surface area (TPSA) is 116 Å². The lowest BCUT2D eigenvalue weighted by molar-refractivity contribution is -0.116. The molecule has 0 saturated carbocycles. The molecule has 188 valence electrons. The molecular formula is C25H33N5O4S. The summed E-state index contributed by atoms with van der Waals surface area (Å²) in [4.78, 5) is 18.9. The Morgan fingerprint density at radius 3 is 2.51 bits per heavy atom. The minimum absolute atomic E-state index is 0.0723. The highest BCUT2D eigenvalue weighted by Gasteiger charge is 2.30. The number of unbranched alkanes of at least 4 members (excludes halogenated alkanes) is 1. The third kappa shape index (κ3) is 7.37. The number of rotatable bonds is 11. The normalized spacial score (nSPS) is 15.3. The van der Waals surface area contributed by atoms with Gasteiger partial charge >= 0.3 is 0 Å².